The topological polar surface area (TPSA) is 59.8 Å². The first kappa shape index (κ1) is 27.6. The quantitative estimate of drug-likeness (QED) is 0.0564. The molecule has 0 amide bonds. The van der Waals surface area contributed by atoms with E-state index in [4.69, 9.17) is 10.1 Å². The molecule has 0 aliphatic carbocycles. The molecule has 0 atom stereocenters. The molecule has 28 heavy (non-hydrogen) atoms. The van der Waals surface area contributed by atoms with Crippen LogP contribution < -0.4 is 10.5 Å². The molecule has 0 aromatic heterocycles. The summed E-state index contributed by atoms with van der Waals surface area (Å²) in [5.74, 6) is -6.18. The zero-order chi connectivity index (χ0) is 20.6. The number of benzene rings is 1. The first-order valence-electron chi connectivity index (χ1n) is 8.02. The Hall–Kier alpha value is -0.410. The van der Waals surface area contributed by atoms with E-state index in [1.807, 2.05) is 25.4 Å². The van der Waals surface area contributed by atoms with Crippen LogP contribution >= 0.6 is 37.7 Å². The molecule has 1 aromatic rings. The van der Waals surface area contributed by atoms with Crippen LogP contribution in [0, 0.1) is 23.3 Å². The molecule has 0 heterocycles. The van der Waals surface area contributed by atoms with E-state index in [2.05, 4.69) is 9.61 Å². The summed E-state index contributed by atoms with van der Waals surface area (Å²) >= 11 is 1.60. The highest BCUT2D eigenvalue weighted by atomic mass is 32.2. The van der Waals surface area contributed by atoms with Crippen LogP contribution in [0.25, 0.3) is 0 Å². The lowest BCUT2D eigenvalue weighted by molar-refractivity contribution is -0.889. The van der Waals surface area contributed by atoms with Crippen molar-refractivity contribution in [1.82, 2.24) is 9.03 Å². The van der Waals surface area contributed by atoms with Crippen molar-refractivity contribution in [3.8, 4) is 0 Å². The summed E-state index contributed by atoms with van der Waals surface area (Å²) in [6, 6.07) is 0. The fourth-order valence-corrected chi connectivity index (χ4v) is 3.21. The maximum Gasteiger partial charge on any atom is 0.186 e. The van der Waals surface area contributed by atoms with E-state index in [1.165, 1.54) is 7.11 Å². The Balaban J connectivity index is 0.00000729. The van der Waals surface area contributed by atoms with Crippen LogP contribution in [0.4, 0.5) is 23.2 Å². The molecule has 0 unspecified atom stereocenters. The van der Waals surface area contributed by atoms with Gasteiger partial charge in [0.05, 0.1) is 40.8 Å². The Morgan fingerprint density at radius 1 is 1.07 bits per heavy atom. The van der Waals surface area contributed by atoms with Crippen LogP contribution in [0.2, 0.25) is 0 Å². The number of hydrogen-bond donors (Lipinski definition) is 2. The lowest BCUT2D eigenvalue weighted by atomic mass is 10.2. The lowest BCUT2D eigenvalue weighted by Crippen LogP contribution is -2.45. The number of nitrogens with two attached hydrogens (primary N) is 1. The predicted molar refractivity (Wildman–Crippen MR) is 110 cm³/mol. The molecular formula is C15H27F4N4O2S3+. The van der Waals surface area contributed by atoms with Gasteiger partial charge in [-0.25, -0.2) is 26.8 Å². The van der Waals surface area contributed by atoms with Crippen LogP contribution in [-0.4, -0.2) is 63.2 Å². The van der Waals surface area contributed by atoms with Crippen LogP contribution in [0.1, 0.15) is 6.42 Å². The zero-order valence-electron chi connectivity index (χ0n) is 16.2. The second kappa shape index (κ2) is 13.0. The van der Waals surface area contributed by atoms with Crippen molar-refractivity contribution in [2.24, 2.45) is 0 Å². The number of nitrogens with one attached hydrogen (secondary N) is 1. The van der Waals surface area contributed by atoms with Crippen LogP contribution in [0.3, 0.4) is 0 Å². The van der Waals surface area contributed by atoms with Gasteiger partial charge in [-0.3, -0.25) is 4.72 Å². The van der Waals surface area contributed by atoms with E-state index in [0.29, 0.717) is 29.5 Å². The number of anilines is 1. The monoisotopic (exact) mass is 467 g/mol. The van der Waals surface area contributed by atoms with Crippen LogP contribution in [-0.2, 0) is 9.22 Å². The third-order valence-electron chi connectivity index (χ3n) is 3.71. The summed E-state index contributed by atoms with van der Waals surface area (Å²) in [7, 11) is 7.32. The molecular weight excluding hydrogens is 440 g/mol. The van der Waals surface area contributed by atoms with Crippen molar-refractivity contribution in [1.29, 1.82) is 0 Å². The highest BCUT2D eigenvalue weighted by molar-refractivity contribution is 7.97. The molecule has 3 N–H and O–H groups in total. The first-order chi connectivity index (χ1) is 12.6. The molecule has 0 radical (unpaired) electrons. The Labute approximate surface area is 178 Å². The molecule has 1 aromatic carbocycles. The maximum atomic E-state index is 13.7. The summed E-state index contributed by atoms with van der Waals surface area (Å²) in [4.78, 5) is 3.72. The van der Waals surface area contributed by atoms with E-state index < -0.39 is 33.9 Å². The van der Waals surface area contributed by atoms with Gasteiger partial charge in [0, 0.05) is 13.0 Å². The van der Waals surface area contributed by atoms with Crippen molar-refractivity contribution in [2.45, 2.75) is 11.3 Å². The molecule has 0 spiro atoms. The number of nitrogen functional groups attached to an aromatic ring is 1. The normalized spacial score (nSPS) is 11.8. The van der Waals surface area contributed by atoms with Crippen molar-refractivity contribution >= 4 is 43.4 Å². The Morgan fingerprint density at radius 2 is 1.64 bits per heavy atom. The number of likely N-dealkylation sites (N-methyl/N-ethyl adjacent to an activating group) is 1. The summed E-state index contributed by atoms with van der Waals surface area (Å²) in [6.07, 6.45) is 0.883. The second-order valence-electron chi connectivity index (χ2n) is 6.39. The molecule has 0 saturated carbocycles. The van der Waals surface area contributed by atoms with Gasteiger partial charge in [0.2, 0.25) is 0 Å². The zero-order valence-corrected chi connectivity index (χ0v) is 18.8. The van der Waals surface area contributed by atoms with Gasteiger partial charge < -0.3 is 10.2 Å². The van der Waals surface area contributed by atoms with E-state index in [0.717, 1.165) is 31.7 Å². The molecule has 0 aliphatic rings. The summed E-state index contributed by atoms with van der Waals surface area (Å²) in [5.41, 5.74) is 3.82. The van der Waals surface area contributed by atoms with E-state index >= 15 is 0 Å². The molecule has 0 bridgehead atoms. The summed E-state index contributed by atoms with van der Waals surface area (Å²) in [5, 5.41) is 0. The molecule has 1 rings (SSSR count). The number of quaternary nitrogens is 1. The smallest absolute Gasteiger partial charge is 0.186 e. The Kier molecular flexibility index (Phi) is 12.8. The Bertz CT molecular complexity index is 600. The van der Waals surface area contributed by atoms with Gasteiger partial charge in [0.1, 0.15) is 22.8 Å². The summed E-state index contributed by atoms with van der Waals surface area (Å²) < 4.78 is 64.4. The first-order valence-corrected chi connectivity index (χ1v) is 9.54. The molecule has 0 aliphatic heterocycles. The van der Waals surface area contributed by atoms with Gasteiger partial charge in [-0.1, -0.05) is 0 Å². The highest BCUT2D eigenvalue weighted by Crippen LogP contribution is 2.31. The van der Waals surface area contributed by atoms with Gasteiger partial charge in [0.15, 0.2) is 23.3 Å². The average Bonchev–Trinajstić information content (AvgIpc) is 2.62. The minimum absolute atomic E-state index is 0. The van der Waals surface area contributed by atoms with Gasteiger partial charge in [-0.05, 0) is 19.0 Å². The van der Waals surface area contributed by atoms with E-state index in [-0.39, 0.29) is 13.5 Å². The van der Waals surface area contributed by atoms with Crippen molar-refractivity contribution in [2.75, 3.05) is 60.2 Å². The van der Waals surface area contributed by atoms with E-state index in [1.54, 1.807) is 0 Å². The largest absolute Gasteiger partial charge is 0.394 e. The molecule has 0 saturated heterocycles. The van der Waals surface area contributed by atoms with Gasteiger partial charge in [0.25, 0.3) is 0 Å². The minimum Gasteiger partial charge on any atom is -0.394 e. The van der Waals surface area contributed by atoms with Crippen LogP contribution in [0.5, 0.6) is 0 Å². The maximum absolute atomic E-state index is 13.7. The van der Waals surface area contributed by atoms with Gasteiger partial charge >= 0.3 is 0 Å². The van der Waals surface area contributed by atoms with Crippen molar-refractivity contribution in [3.05, 3.63) is 23.3 Å². The summed E-state index contributed by atoms with van der Waals surface area (Å²) in [6.45, 7) is 2.64. The average molecular weight is 468 g/mol. The van der Waals surface area contributed by atoms with Gasteiger partial charge in [-0.15, -0.1) is 4.33 Å². The number of rotatable bonds is 12. The van der Waals surface area contributed by atoms with E-state index in [9.17, 15) is 17.6 Å². The van der Waals surface area contributed by atoms with Crippen molar-refractivity contribution in [3.63, 3.8) is 0 Å². The molecule has 6 nitrogen and oxygen atoms in total. The van der Waals surface area contributed by atoms with Crippen LogP contribution in [0.15, 0.2) is 4.90 Å². The number of nitrogens with zero attached hydrogens (tertiary/aromatic N) is 2. The third-order valence-corrected chi connectivity index (χ3v) is 5.26. The highest BCUT2D eigenvalue weighted by Gasteiger charge is 2.24. The molecule has 164 valence electrons. The fourth-order valence-electron chi connectivity index (χ4n) is 2.14. The second-order valence-corrected chi connectivity index (χ2v) is 8.20. The predicted octanol–water partition coefficient (Wildman–Crippen LogP) is 3.07. The van der Waals surface area contributed by atoms with Crippen molar-refractivity contribution < 1.29 is 31.3 Å². The SMILES string of the molecule is COOSN(C)CCC[N+](C)(C)CCNSc1c(F)c(F)c(N)c(F)c1F.S. The standard InChI is InChI=1S/C15H25F4N4O2S2.H2S/c1-22(27-25-24-4)7-5-8-23(2,3)9-6-21-26-15-12(18)10(16)14(20)11(17)13(15)19;/h21H,5-9,20H2,1-4H3;1H2/q+1;. The fraction of sp³-hybridized carbons (Fsp3) is 0.600. The molecule has 13 heteroatoms. The Morgan fingerprint density at radius 3 is 2.18 bits per heavy atom. The number of halogens is 4. The lowest BCUT2D eigenvalue weighted by Gasteiger charge is -2.30. The third kappa shape index (κ3) is 8.53. The minimum atomic E-state index is -1.59. The van der Waals surface area contributed by atoms with Gasteiger partial charge in [-0.2, -0.15) is 13.5 Å². The number of hydrogen-bond acceptors (Lipinski definition) is 7. The molecule has 0 fully saturated rings.